The van der Waals surface area contributed by atoms with Crippen molar-refractivity contribution >= 4 is 12.0 Å². The third-order valence-electron chi connectivity index (χ3n) is 3.45. The average Bonchev–Trinajstić information content (AvgIpc) is 2.84. The molecule has 1 heterocycles. The van der Waals surface area contributed by atoms with Crippen molar-refractivity contribution in [2.45, 2.75) is 32.9 Å². The van der Waals surface area contributed by atoms with Gasteiger partial charge < -0.3 is 20.3 Å². The van der Waals surface area contributed by atoms with Gasteiger partial charge in [0, 0.05) is 0 Å². The summed E-state index contributed by atoms with van der Waals surface area (Å²) in [6, 6.07) is 7.87. The fourth-order valence-electron chi connectivity index (χ4n) is 2.20. The number of aryl methyl sites for hydroxylation is 2. The van der Waals surface area contributed by atoms with Gasteiger partial charge in [-0.25, -0.2) is 4.79 Å². The van der Waals surface area contributed by atoms with E-state index in [0.717, 1.165) is 11.1 Å². The van der Waals surface area contributed by atoms with Crippen LogP contribution in [0, 0.1) is 13.8 Å². The molecule has 2 rings (SSSR count). The molecule has 2 aromatic rings. The van der Waals surface area contributed by atoms with Gasteiger partial charge in [-0.1, -0.05) is 35.5 Å². The second kappa shape index (κ2) is 7.44. The fourth-order valence-corrected chi connectivity index (χ4v) is 2.20. The summed E-state index contributed by atoms with van der Waals surface area (Å²) in [4.78, 5) is 23.2. The lowest BCUT2D eigenvalue weighted by Gasteiger charge is -2.17. The second-order valence-electron chi connectivity index (χ2n) is 5.14. The second-order valence-corrected chi connectivity index (χ2v) is 5.14. The summed E-state index contributed by atoms with van der Waals surface area (Å²) in [5, 5.41) is 6.35. The zero-order chi connectivity index (χ0) is 16.8. The molecule has 0 radical (unpaired) electrons. The van der Waals surface area contributed by atoms with Gasteiger partial charge in [-0.2, -0.15) is 0 Å². The number of primary amides is 1. The molecule has 0 aliphatic heterocycles. The van der Waals surface area contributed by atoms with E-state index in [1.54, 1.807) is 13.8 Å². The van der Waals surface area contributed by atoms with Crippen molar-refractivity contribution in [3.63, 3.8) is 0 Å². The molecule has 1 unspecified atom stereocenters. The van der Waals surface area contributed by atoms with Gasteiger partial charge in [0.1, 0.15) is 12.4 Å². The number of benzene rings is 1. The van der Waals surface area contributed by atoms with Crippen LogP contribution in [0.25, 0.3) is 0 Å². The number of nitrogens with one attached hydrogen (secondary N) is 1. The van der Waals surface area contributed by atoms with E-state index < -0.39 is 18.0 Å². The minimum Gasteiger partial charge on any atom is -0.461 e. The van der Waals surface area contributed by atoms with E-state index in [9.17, 15) is 9.59 Å². The summed E-state index contributed by atoms with van der Waals surface area (Å²) in [5.41, 5.74) is 7.39. The van der Waals surface area contributed by atoms with Crippen LogP contribution in [0.15, 0.2) is 34.9 Å². The Morgan fingerprint density at radius 2 is 2.00 bits per heavy atom. The third kappa shape index (κ3) is 4.57. The van der Waals surface area contributed by atoms with Gasteiger partial charge >= 0.3 is 12.0 Å². The molecule has 0 aliphatic carbocycles. The number of amides is 2. The lowest BCUT2D eigenvalue weighted by atomic mass is 10.0. The number of hydrogen-bond acceptors (Lipinski definition) is 5. The number of ether oxygens (including phenoxy) is 1. The van der Waals surface area contributed by atoms with Crippen molar-refractivity contribution in [2.75, 3.05) is 0 Å². The fraction of sp³-hybridized carbons (Fsp3) is 0.312. The van der Waals surface area contributed by atoms with Crippen LogP contribution in [0.4, 0.5) is 4.79 Å². The molecule has 7 heteroatoms. The quantitative estimate of drug-likeness (QED) is 0.794. The summed E-state index contributed by atoms with van der Waals surface area (Å²) in [7, 11) is 0. The van der Waals surface area contributed by atoms with Crippen LogP contribution < -0.4 is 11.1 Å². The summed E-state index contributed by atoms with van der Waals surface area (Å²) in [5.74, 6) is 0.165. The number of carbonyl (C=O) groups excluding carboxylic acids is 2. The van der Waals surface area contributed by atoms with Gasteiger partial charge in [-0.3, -0.25) is 4.79 Å². The highest BCUT2D eigenvalue weighted by molar-refractivity contribution is 5.75. The predicted molar refractivity (Wildman–Crippen MR) is 82.3 cm³/mol. The number of urea groups is 1. The minimum absolute atomic E-state index is 0.0175. The molecule has 2 amide bonds. The Labute approximate surface area is 133 Å². The van der Waals surface area contributed by atoms with Crippen LogP contribution in [-0.2, 0) is 16.1 Å². The first kappa shape index (κ1) is 16.5. The number of esters is 1. The van der Waals surface area contributed by atoms with Gasteiger partial charge in [0.15, 0.2) is 0 Å². The first-order valence-corrected chi connectivity index (χ1v) is 7.15. The van der Waals surface area contributed by atoms with E-state index in [1.165, 1.54) is 0 Å². The van der Waals surface area contributed by atoms with Crippen molar-refractivity contribution in [3.05, 3.63) is 52.9 Å². The Bertz CT molecular complexity index is 662. The molecule has 3 N–H and O–H groups in total. The lowest BCUT2D eigenvalue weighted by molar-refractivity contribution is -0.145. The van der Waals surface area contributed by atoms with Gasteiger partial charge in [-0.05, 0) is 19.4 Å². The predicted octanol–water partition coefficient (Wildman–Crippen LogP) is 2.13. The molecule has 0 bridgehead atoms. The number of rotatable bonds is 6. The van der Waals surface area contributed by atoms with Gasteiger partial charge in [0.25, 0.3) is 0 Å². The van der Waals surface area contributed by atoms with Crippen molar-refractivity contribution in [1.29, 1.82) is 0 Å². The van der Waals surface area contributed by atoms with Crippen LogP contribution in [0.2, 0.25) is 0 Å². The molecule has 0 aliphatic rings. The summed E-state index contributed by atoms with van der Waals surface area (Å²) >= 11 is 0. The van der Waals surface area contributed by atoms with E-state index >= 15 is 0 Å². The Morgan fingerprint density at radius 3 is 2.57 bits per heavy atom. The van der Waals surface area contributed by atoms with Gasteiger partial charge in [0.2, 0.25) is 0 Å². The smallest absolute Gasteiger partial charge is 0.312 e. The SMILES string of the molecule is Cc1noc(C)c1COC(=O)CC(NC(N)=O)c1ccccc1. The Hall–Kier alpha value is -2.83. The van der Waals surface area contributed by atoms with Crippen LogP contribution in [0.5, 0.6) is 0 Å². The molecule has 0 saturated heterocycles. The lowest BCUT2D eigenvalue weighted by Crippen LogP contribution is -2.34. The largest absolute Gasteiger partial charge is 0.461 e. The standard InChI is InChI=1S/C16H19N3O4/c1-10-13(11(2)23-19-10)9-22-15(20)8-14(18-16(17)21)12-6-4-3-5-7-12/h3-7,14H,8-9H2,1-2H3,(H3,17,18,21). The highest BCUT2D eigenvalue weighted by atomic mass is 16.5. The zero-order valence-electron chi connectivity index (χ0n) is 13.0. The van der Waals surface area contributed by atoms with Crippen molar-refractivity contribution in [2.24, 2.45) is 5.73 Å². The molecule has 1 atom stereocenters. The van der Waals surface area contributed by atoms with Crippen LogP contribution >= 0.6 is 0 Å². The van der Waals surface area contributed by atoms with Gasteiger partial charge in [0.05, 0.1) is 23.7 Å². The molecular formula is C16H19N3O4. The van der Waals surface area contributed by atoms with Crippen molar-refractivity contribution in [3.8, 4) is 0 Å². The third-order valence-corrected chi connectivity index (χ3v) is 3.45. The normalized spacial score (nSPS) is 11.7. The molecule has 0 fully saturated rings. The summed E-state index contributed by atoms with van der Waals surface area (Å²) < 4.78 is 10.3. The molecule has 122 valence electrons. The zero-order valence-corrected chi connectivity index (χ0v) is 13.0. The average molecular weight is 317 g/mol. The Morgan fingerprint density at radius 1 is 1.30 bits per heavy atom. The van der Waals surface area contributed by atoms with Crippen LogP contribution in [0.1, 0.15) is 35.0 Å². The first-order chi connectivity index (χ1) is 11.0. The van der Waals surface area contributed by atoms with Crippen molar-refractivity contribution < 1.29 is 18.8 Å². The summed E-state index contributed by atoms with van der Waals surface area (Å²) in [6.07, 6.45) is -0.0175. The highest BCUT2D eigenvalue weighted by Gasteiger charge is 2.19. The Balaban J connectivity index is 1.99. The van der Waals surface area contributed by atoms with Crippen LogP contribution in [-0.4, -0.2) is 17.2 Å². The number of nitrogens with zero attached hydrogens (tertiary/aromatic N) is 1. The maximum atomic E-state index is 12.1. The maximum Gasteiger partial charge on any atom is 0.312 e. The maximum absolute atomic E-state index is 12.1. The van der Waals surface area contributed by atoms with E-state index in [0.29, 0.717) is 11.5 Å². The van der Waals surface area contributed by atoms with Gasteiger partial charge in [-0.15, -0.1) is 0 Å². The highest BCUT2D eigenvalue weighted by Crippen LogP contribution is 2.18. The van der Waals surface area contributed by atoms with E-state index in [1.807, 2.05) is 30.3 Å². The Kier molecular flexibility index (Phi) is 5.35. The van der Waals surface area contributed by atoms with E-state index in [2.05, 4.69) is 10.5 Å². The first-order valence-electron chi connectivity index (χ1n) is 7.15. The molecular weight excluding hydrogens is 298 g/mol. The van der Waals surface area contributed by atoms with Crippen molar-refractivity contribution in [1.82, 2.24) is 10.5 Å². The topological polar surface area (TPSA) is 107 Å². The molecule has 0 spiro atoms. The number of carbonyl (C=O) groups is 2. The van der Waals surface area contributed by atoms with E-state index in [-0.39, 0.29) is 13.0 Å². The monoisotopic (exact) mass is 317 g/mol. The minimum atomic E-state index is -0.697. The number of hydrogen-bond donors (Lipinski definition) is 2. The molecule has 23 heavy (non-hydrogen) atoms. The van der Waals surface area contributed by atoms with Crippen LogP contribution in [0.3, 0.4) is 0 Å². The summed E-state index contributed by atoms with van der Waals surface area (Å²) in [6.45, 7) is 3.61. The molecule has 7 nitrogen and oxygen atoms in total. The molecule has 1 aromatic heterocycles. The van der Waals surface area contributed by atoms with E-state index in [4.69, 9.17) is 15.0 Å². The molecule has 1 aromatic carbocycles. The number of aromatic nitrogens is 1. The number of nitrogens with two attached hydrogens (primary N) is 1. The molecule has 0 saturated carbocycles.